The predicted octanol–water partition coefficient (Wildman–Crippen LogP) is 4.14. The molecular formula is C20H32N2. The average Bonchev–Trinajstić information content (AvgIpc) is 2.55. The van der Waals surface area contributed by atoms with Crippen LogP contribution in [-0.4, -0.2) is 31.1 Å². The van der Waals surface area contributed by atoms with Crippen LogP contribution < -0.4 is 5.32 Å². The maximum Gasteiger partial charge on any atom is 0.0357 e. The molecule has 0 aromatic heterocycles. The van der Waals surface area contributed by atoms with E-state index in [0.717, 1.165) is 32.6 Å². The summed E-state index contributed by atoms with van der Waals surface area (Å²) in [4.78, 5) is 2.67. The normalized spacial score (nSPS) is 17.5. The number of piperazine rings is 1. The molecule has 0 unspecified atom stereocenters. The van der Waals surface area contributed by atoms with E-state index in [9.17, 15) is 0 Å². The van der Waals surface area contributed by atoms with Crippen molar-refractivity contribution in [3.8, 4) is 0 Å². The topological polar surface area (TPSA) is 15.3 Å². The molecule has 2 heteroatoms. The molecular weight excluding hydrogens is 268 g/mol. The van der Waals surface area contributed by atoms with Crippen molar-refractivity contribution in [2.45, 2.75) is 53.5 Å². The van der Waals surface area contributed by atoms with Crippen LogP contribution in [0.25, 0.3) is 0 Å². The van der Waals surface area contributed by atoms with Gasteiger partial charge in [0, 0.05) is 32.2 Å². The molecule has 122 valence electrons. The third kappa shape index (κ3) is 3.28. The van der Waals surface area contributed by atoms with Gasteiger partial charge in [0.05, 0.1) is 0 Å². The second kappa shape index (κ2) is 7.43. The van der Waals surface area contributed by atoms with Crippen LogP contribution in [0.3, 0.4) is 0 Å². The van der Waals surface area contributed by atoms with Crippen LogP contribution >= 0.6 is 0 Å². The monoisotopic (exact) mass is 300 g/mol. The zero-order valence-corrected chi connectivity index (χ0v) is 15.1. The number of rotatable bonds is 5. The molecule has 1 aromatic carbocycles. The zero-order chi connectivity index (χ0) is 16.3. The lowest BCUT2D eigenvalue weighted by molar-refractivity contribution is 0.165. The number of hydrogen-bond donors (Lipinski definition) is 1. The number of nitrogens with one attached hydrogen (secondary N) is 1. The van der Waals surface area contributed by atoms with Gasteiger partial charge in [-0.3, -0.25) is 4.90 Å². The van der Waals surface area contributed by atoms with E-state index < -0.39 is 0 Å². The van der Waals surface area contributed by atoms with Gasteiger partial charge in [-0.2, -0.15) is 0 Å². The van der Waals surface area contributed by atoms with Gasteiger partial charge in [0.25, 0.3) is 0 Å². The van der Waals surface area contributed by atoms with Crippen LogP contribution in [0.4, 0.5) is 0 Å². The number of benzene rings is 1. The molecule has 1 aliphatic heterocycles. The standard InChI is InChI=1S/C20H32N2/c1-7-8-9-19(22-12-10-21-11-13-22)20-17(5)15(3)14(2)16(4)18(20)6/h7,19,21H,1,8-13H2,2-6H3/t19-/m1/s1. The molecule has 1 N–H and O–H groups in total. The SMILES string of the molecule is C=CCC[C@H](c1c(C)c(C)c(C)c(C)c1C)N1CCNCC1. The molecule has 22 heavy (non-hydrogen) atoms. The molecule has 0 radical (unpaired) electrons. The third-order valence-electron chi connectivity index (χ3n) is 5.63. The molecule has 1 saturated heterocycles. The fraction of sp³-hybridized carbons (Fsp3) is 0.600. The van der Waals surface area contributed by atoms with Gasteiger partial charge in [-0.1, -0.05) is 6.08 Å². The molecule has 0 aliphatic carbocycles. The highest BCUT2D eigenvalue weighted by Crippen LogP contribution is 2.36. The molecule has 1 atom stereocenters. The molecule has 0 amide bonds. The summed E-state index contributed by atoms with van der Waals surface area (Å²) in [5.74, 6) is 0. The smallest absolute Gasteiger partial charge is 0.0357 e. The fourth-order valence-electron chi connectivity index (χ4n) is 3.81. The third-order valence-corrected chi connectivity index (χ3v) is 5.63. The summed E-state index contributed by atoms with van der Waals surface area (Å²) in [6, 6.07) is 0.526. The van der Waals surface area contributed by atoms with Crippen molar-refractivity contribution < 1.29 is 0 Å². The molecule has 0 spiro atoms. The largest absolute Gasteiger partial charge is 0.314 e. The van der Waals surface area contributed by atoms with Crippen molar-refractivity contribution in [1.82, 2.24) is 10.2 Å². The Morgan fingerprint density at radius 1 is 0.955 bits per heavy atom. The van der Waals surface area contributed by atoms with E-state index in [4.69, 9.17) is 0 Å². The van der Waals surface area contributed by atoms with Crippen LogP contribution in [0, 0.1) is 34.6 Å². The van der Waals surface area contributed by atoms with Crippen molar-refractivity contribution in [2.24, 2.45) is 0 Å². The van der Waals surface area contributed by atoms with Gasteiger partial charge in [0.15, 0.2) is 0 Å². The lowest BCUT2D eigenvalue weighted by Gasteiger charge is -2.37. The van der Waals surface area contributed by atoms with E-state index in [2.05, 4.69) is 57.5 Å². The second-order valence-corrected chi connectivity index (χ2v) is 6.71. The summed E-state index contributed by atoms with van der Waals surface area (Å²) in [7, 11) is 0. The highest BCUT2D eigenvalue weighted by molar-refractivity contribution is 5.50. The van der Waals surface area contributed by atoms with Crippen LogP contribution in [0.1, 0.15) is 52.3 Å². The van der Waals surface area contributed by atoms with E-state index in [-0.39, 0.29) is 0 Å². The van der Waals surface area contributed by atoms with Crippen molar-refractivity contribution >= 4 is 0 Å². The zero-order valence-electron chi connectivity index (χ0n) is 15.1. The molecule has 0 saturated carbocycles. The van der Waals surface area contributed by atoms with Gasteiger partial charge in [-0.05, 0) is 80.8 Å². The first kappa shape index (κ1) is 17.2. The van der Waals surface area contributed by atoms with E-state index in [0.29, 0.717) is 6.04 Å². The van der Waals surface area contributed by atoms with Crippen molar-refractivity contribution in [3.63, 3.8) is 0 Å². The van der Waals surface area contributed by atoms with Crippen LogP contribution in [0.15, 0.2) is 12.7 Å². The Morgan fingerprint density at radius 2 is 1.45 bits per heavy atom. The molecule has 2 rings (SSSR count). The molecule has 1 aromatic rings. The summed E-state index contributed by atoms with van der Waals surface area (Å²) in [5, 5.41) is 3.48. The number of nitrogens with zero attached hydrogens (tertiary/aromatic N) is 1. The van der Waals surface area contributed by atoms with E-state index in [1.54, 1.807) is 5.56 Å². The predicted molar refractivity (Wildman–Crippen MR) is 96.7 cm³/mol. The fourth-order valence-corrected chi connectivity index (χ4v) is 3.81. The molecule has 1 aliphatic rings. The molecule has 0 bridgehead atoms. The van der Waals surface area contributed by atoms with Gasteiger partial charge < -0.3 is 5.32 Å². The highest BCUT2D eigenvalue weighted by Gasteiger charge is 2.26. The first-order valence-corrected chi connectivity index (χ1v) is 8.61. The average molecular weight is 300 g/mol. The summed E-state index contributed by atoms with van der Waals surface area (Å²) >= 11 is 0. The second-order valence-electron chi connectivity index (χ2n) is 6.71. The number of allylic oxidation sites excluding steroid dienone is 1. The maximum atomic E-state index is 3.93. The Morgan fingerprint density at radius 3 is 1.95 bits per heavy atom. The van der Waals surface area contributed by atoms with Crippen molar-refractivity contribution in [1.29, 1.82) is 0 Å². The maximum absolute atomic E-state index is 3.93. The minimum absolute atomic E-state index is 0.526. The Hall–Kier alpha value is -1.12. The van der Waals surface area contributed by atoms with Gasteiger partial charge in [-0.15, -0.1) is 6.58 Å². The minimum Gasteiger partial charge on any atom is -0.314 e. The Bertz CT molecular complexity index is 510. The van der Waals surface area contributed by atoms with E-state index in [1.807, 2.05) is 0 Å². The Kier molecular flexibility index (Phi) is 5.82. The Balaban J connectivity index is 2.48. The quantitative estimate of drug-likeness (QED) is 0.822. The van der Waals surface area contributed by atoms with Crippen molar-refractivity contribution in [3.05, 3.63) is 46.0 Å². The Labute approximate surface area is 136 Å². The summed E-state index contributed by atoms with van der Waals surface area (Å²) in [5.41, 5.74) is 8.96. The minimum atomic E-state index is 0.526. The van der Waals surface area contributed by atoms with Gasteiger partial charge in [0.1, 0.15) is 0 Å². The summed E-state index contributed by atoms with van der Waals surface area (Å²) in [6.45, 7) is 19.9. The van der Waals surface area contributed by atoms with E-state index in [1.165, 1.54) is 34.2 Å². The van der Waals surface area contributed by atoms with Crippen LogP contribution in [0.5, 0.6) is 0 Å². The molecule has 2 nitrogen and oxygen atoms in total. The lowest BCUT2D eigenvalue weighted by atomic mass is 9.84. The van der Waals surface area contributed by atoms with Crippen LogP contribution in [0.2, 0.25) is 0 Å². The summed E-state index contributed by atoms with van der Waals surface area (Å²) in [6.07, 6.45) is 4.32. The first-order valence-electron chi connectivity index (χ1n) is 8.61. The summed E-state index contributed by atoms with van der Waals surface area (Å²) < 4.78 is 0. The number of hydrogen-bond acceptors (Lipinski definition) is 2. The van der Waals surface area contributed by atoms with Gasteiger partial charge in [0.2, 0.25) is 0 Å². The van der Waals surface area contributed by atoms with Gasteiger partial charge >= 0.3 is 0 Å². The molecule has 1 heterocycles. The van der Waals surface area contributed by atoms with Crippen LogP contribution in [-0.2, 0) is 0 Å². The highest BCUT2D eigenvalue weighted by atomic mass is 15.2. The molecule has 1 fully saturated rings. The van der Waals surface area contributed by atoms with Gasteiger partial charge in [-0.25, -0.2) is 0 Å². The lowest BCUT2D eigenvalue weighted by Crippen LogP contribution is -2.45. The van der Waals surface area contributed by atoms with E-state index >= 15 is 0 Å². The van der Waals surface area contributed by atoms with Crippen molar-refractivity contribution in [2.75, 3.05) is 26.2 Å². The first-order chi connectivity index (χ1) is 10.5.